The summed E-state index contributed by atoms with van der Waals surface area (Å²) in [5.74, 6) is 1.25. The van der Waals surface area contributed by atoms with Crippen molar-refractivity contribution < 1.29 is 0 Å². The first-order valence-corrected chi connectivity index (χ1v) is 5.56. The van der Waals surface area contributed by atoms with Crippen LogP contribution >= 0.6 is 0 Å². The van der Waals surface area contributed by atoms with Crippen LogP contribution in [0.1, 0.15) is 37.3 Å². The summed E-state index contributed by atoms with van der Waals surface area (Å²) in [6.45, 7) is 3.25. The lowest BCUT2D eigenvalue weighted by molar-refractivity contribution is 0.380. The highest BCUT2D eigenvalue weighted by molar-refractivity contribution is 5.10. The van der Waals surface area contributed by atoms with E-state index in [-0.39, 0.29) is 0 Å². The summed E-state index contributed by atoms with van der Waals surface area (Å²) in [7, 11) is 2.02. The summed E-state index contributed by atoms with van der Waals surface area (Å²) in [6, 6.07) is 0.626. The number of rotatable bonds is 3. The van der Waals surface area contributed by atoms with Crippen molar-refractivity contribution in [3.05, 3.63) is 17.7 Å². The predicted molar refractivity (Wildman–Crippen MR) is 57.5 cm³/mol. The Kier molecular flexibility index (Phi) is 2.87. The van der Waals surface area contributed by atoms with E-state index in [1.165, 1.54) is 30.8 Å². The maximum Gasteiger partial charge on any atom is 0.108 e. The topological polar surface area (TPSA) is 29.9 Å². The van der Waals surface area contributed by atoms with Crippen LogP contribution < -0.4 is 5.32 Å². The van der Waals surface area contributed by atoms with Gasteiger partial charge in [-0.05, 0) is 26.3 Å². The average Bonchev–Trinajstić information content (AvgIpc) is 2.62. The van der Waals surface area contributed by atoms with Crippen LogP contribution in [-0.2, 0) is 12.8 Å². The molecule has 0 aromatic carbocycles. The summed E-state index contributed by atoms with van der Waals surface area (Å²) < 4.78 is 2.44. The number of likely N-dealkylation sites (N-methyl/N-ethyl adjacent to an activating group) is 1. The summed E-state index contributed by atoms with van der Waals surface area (Å²) in [6.07, 6.45) is 6.90. The quantitative estimate of drug-likeness (QED) is 0.789. The molecule has 1 aromatic rings. The number of aromatic nitrogens is 2. The molecule has 0 spiro atoms. The molecular formula is C11H19N3. The van der Waals surface area contributed by atoms with Crippen molar-refractivity contribution in [3.63, 3.8) is 0 Å². The number of hydrogen-bond acceptors (Lipinski definition) is 2. The minimum Gasteiger partial charge on any atom is -0.328 e. The summed E-state index contributed by atoms with van der Waals surface area (Å²) >= 11 is 0. The molecule has 1 aliphatic heterocycles. The van der Waals surface area contributed by atoms with Gasteiger partial charge in [0.1, 0.15) is 5.82 Å². The molecule has 0 fully saturated rings. The van der Waals surface area contributed by atoms with Gasteiger partial charge in [0.05, 0.1) is 0 Å². The smallest absolute Gasteiger partial charge is 0.108 e. The first kappa shape index (κ1) is 9.71. The lowest BCUT2D eigenvalue weighted by atomic mass is 10.0. The van der Waals surface area contributed by atoms with Crippen molar-refractivity contribution in [1.82, 2.24) is 14.9 Å². The third kappa shape index (κ3) is 1.57. The normalized spacial score (nSPS) is 20.9. The molecule has 1 atom stereocenters. The van der Waals surface area contributed by atoms with Crippen LogP contribution in [0.3, 0.4) is 0 Å². The highest BCUT2D eigenvalue weighted by atomic mass is 15.1. The van der Waals surface area contributed by atoms with Gasteiger partial charge in [-0.1, -0.05) is 6.92 Å². The number of imidazole rings is 1. The van der Waals surface area contributed by atoms with Crippen molar-refractivity contribution in [2.24, 2.45) is 0 Å². The van der Waals surface area contributed by atoms with Gasteiger partial charge in [0.2, 0.25) is 0 Å². The molecule has 3 nitrogen and oxygen atoms in total. The van der Waals surface area contributed by atoms with Crippen molar-refractivity contribution in [3.8, 4) is 0 Å². The summed E-state index contributed by atoms with van der Waals surface area (Å²) in [4.78, 5) is 4.48. The Morgan fingerprint density at radius 1 is 1.64 bits per heavy atom. The molecule has 3 heteroatoms. The lowest BCUT2D eigenvalue weighted by Crippen LogP contribution is -2.27. The van der Waals surface area contributed by atoms with Gasteiger partial charge in [-0.15, -0.1) is 0 Å². The van der Waals surface area contributed by atoms with E-state index in [1.807, 2.05) is 7.05 Å². The fourth-order valence-corrected chi connectivity index (χ4v) is 2.41. The molecule has 0 radical (unpaired) electrons. The molecule has 0 saturated heterocycles. The van der Waals surface area contributed by atoms with E-state index in [2.05, 4.69) is 28.0 Å². The summed E-state index contributed by atoms with van der Waals surface area (Å²) in [5.41, 5.74) is 1.42. The third-order valence-corrected chi connectivity index (χ3v) is 3.04. The van der Waals surface area contributed by atoms with Crippen LogP contribution in [-0.4, -0.2) is 23.1 Å². The van der Waals surface area contributed by atoms with E-state index in [9.17, 15) is 0 Å². The Bertz CT molecular complexity index is 290. The van der Waals surface area contributed by atoms with Crippen molar-refractivity contribution in [1.29, 1.82) is 0 Å². The van der Waals surface area contributed by atoms with Crippen molar-refractivity contribution in [2.75, 3.05) is 13.6 Å². The molecule has 0 bridgehead atoms. The Labute approximate surface area is 85.5 Å². The van der Waals surface area contributed by atoms with Gasteiger partial charge >= 0.3 is 0 Å². The van der Waals surface area contributed by atoms with Gasteiger partial charge in [-0.3, -0.25) is 0 Å². The minimum absolute atomic E-state index is 0.626. The second-order valence-electron chi connectivity index (χ2n) is 3.99. The van der Waals surface area contributed by atoms with Crippen LogP contribution in [0.2, 0.25) is 0 Å². The van der Waals surface area contributed by atoms with E-state index < -0.39 is 0 Å². The van der Waals surface area contributed by atoms with Crippen LogP contribution in [0.5, 0.6) is 0 Å². The van der Waals surface area contributed by atoms with E-state index in [1.54, 1.807) is 0 Å². The maximum absolute atomic E-state index is 4.48. The second kappa shape index (κ2) is 4.13. The molecule has 1 aliphatic rings. The van der Waals surface area contributed by atoms with Gasteiger partial charge in [0, 0.05) is 30.9 Å². The molecular weight excluding hydrogens is 174 g/mol. The average molecular weight is 193 g/mol. The zero-order valence-corrected chi connectivity index (χ0v) is 9.08. The Balaban J connectivity index is 2.30. The second-order valence-corrected chi connectivity index (χ2v) is 3.99. The van der Waals surface area contributed by atoms with Gasteiger partial charge in [-0.2, -0.15) is 0 Å². The molecule has 2 rings (SSSR count). The first-order valence-electron chi connectivity index (χ1n) is 5.56. The number of fused-ring (bicyclic) bond motifs is 1. The monoisotopic (exact) mass is 193 g/mol. The number of nitrogens with zero attached hydrogens (tertiary/aromatic N) is 2. The molecule has 1 aromatic heterocycles. The van der Waals surface area contributed by atoms with Crippen molar-refractivity contribution >= 4 is 0 Å². The zero-order chi connectivity index (χ0) is 9.97. The molecule has 14 heavy (non-hydrogen) atoms. The number of nitrogens with one attached hydrogen (secondary N) is 1. The van der Waals surface area contributed by atoms with Gasteiger partial charge in [-0.25, -0.2) is 4.98 Å². The Morgan fingerprint density at radius 2 is 2.50 bits per heavy atom. The minimum atomic E-state index is 0.626. The van der Waals surface area contributed by atoms with Crippen LogP contribution in [0.25, 0.3) is 0 Å². The molecule has 2 heterocycles. The standard InChI is InChI=1S/C11H19N3/c1-3-11-13-8-10-6-4-5-9(7-12-2)14(10)11/h8-9,12H,3-7H2,1-2H3. The molecule has 1 unspecified atom stereocenters. The van der Waals surface area contributed by atoms with E-state index in [0.717, 1.165) is 13.0 Å². The van der Waals surface area contributed by atoms with Gasteiger partial charge < -0.3 is 9.88 Å². The highest BCUT2D eigenvalue weighted by Crippen LogP contribution is 2.26. The first-order chi connectivity index (χ1) is 6.86. The third-order valence-electron chi connectivity index (χ3n) is 3.04. The fraction of sp³-hybridized carbons (Fsp3) is 0.727. The molecule has 1 N–H and O–H groups in total. The Morgan fingerprint density at radius 3 is 3.21 bits per heavy atom. The fourth-order valence-electron chi connectivity index (χ4n) is 2.41. The molecule has 0 amide bonds. The lowest BCUT2D eigenvalue weighted by Gasteiger charge is -2.27. The molecule has 0 aliphatic carbocycles. The van der Waals surface area contributed by atoms with Gasteiger partial charge in [0.25, 0.3) is 0 Å². The summed E-state index contributed by atoms with van der Waals surface area (Å²) in [5, 5.41) is 3.27. The molecule has 78 valence electrons. The zero-order valence-electron chi connectivity index (χ0n) is 9.08. The van der Waals surface area contributed by atoms with Crippen LogP contribution in [0.15, 0.2) is 6.20 Å². The van der Waals surface area contributed by atoms with Crippen LogP contribution in [0.4, 0.5) is 0 Å². The Hall–Kier alpha value is -0.830. The number of hydrogen-bond donors (Lipinski definition) is 1. The highest BCUT2D eigenvalue weighted by Gasteiger charge is 2.21. The van der Waals surface area contributed by atoms with Crippen LogP contribution in [0, 0.1) is 0 Å². The van der Waals surface area contributed by atoms with Crippen molar-refractivity contribution in [2.45, 2.75) is 38.6 Å². The maximum atomic E-state index is 4.48. The largest absolute Gasteiger partial charge is 0.328 e. The van der Waals surface area contributed by atoms with E-state index in [4.69, 9.17) is 0 Å². The van der Waals surface area contributed by atoms with Gasteiger partial charge in [0.15, 0.2) is 0 Å². The van der Waals surface area contributed by atoms with E-state index >= 15 is 0 Å². The van der Waals surface area contributed by atoms with E-state index in [0.29, 0.717) is 6.04 Å². The number of aryl methyl sites for hydroxylation is 2. The molecule has 0 saturated carbocycles. The predicted octanol–water partition coefficient (Wildman–Crippen LogP) is 1.54. The SMILES string of the molecule is CCc1ncc2n1C(CNC)CCC2.